The third-order valence-electron chi connectivity index (χ3n) is 6.06. The van der Waals surface area contributed by atoms with Crippen LogP contribution in [0.15, 0.2) is 29.2 Å². The molecule has 2 atom stereocenters. The van der Waals surface area contributed by atoms with E-state index < -0.39 is 40.7 Å². The molecule has 0 saturated carbocycles. The monoisotopic (exact) mass is 446 g/mol. The number of hydrogen-bond acceptors (Lipinski definition) is 5. The van der Waals surface area contributed by atoms with Gasteiger partial charge in [-0.25, -0.2) is 8.78 Å². The maximum Gasteiger partial charge on any atom is 0.276 e. The second kappa shape index (κ2) is 8.82. The predicted molar refractivity (Wildman–Crippen MR) is 111 cm³/mol. The second-order valence-electron chi connectivity index (χ2n) is 8.18. The zero-order valence-corrected chi connectivity index (χ0v) is 17.6. The van der Waals surface area contributed by atoms with Crippen LogP contribution in [0.2, 0.25) is 0 Å². The van der Waals surface area contributed by atoms with Gasteiger partial charge in [0.1, 0.15) is 11.6 Å². The number of aromatic hydroxyl groups is 1. The lowest BCUT2D eigenvalue weighted by Crippen LogP contribution is -2.49. The minimum atomic E-state index is -0.933. The molecule has 0 unspecified atom stereocenters. The number of rotatable bonds is 7. The Morgan fingerprint density at radius 3 is 2.78 bits per heavy atom. The molecule has 2 aliphatic heterocycles. The van der Waals surface area contributed by atoms with Gasteiger partial charge in [-0.3, -0.25) is 14.4 Å². The SMILES string of the molecule is CCCC[C@H]1CO[C@@H]2Cn3cc(C(=O)CCc4ccc(F)cc4F)c(=O)c(O)c3C(=O)N12. The van der Waals surface area contributed by atoms with Crippen LogP contribution in [0, 0.1) is 11.6 Å². The Morgan fingerprint density at radius 1 is 1.28 bits per heavy atom. The lowest BCUT2D eigenvalue weighted by molar-refractivity contribution is 0.00545. The van der Waals surface area contributed by atoms with Crippen molar-refractivity contribution in [3.05, 3.63) is 63.1 Å². The van der Waals surface area contributed by atoms with Crippen LogP contribution in [0.5, 0.6) is 5.75 Å². The third kappa shape index (κ3) is 3.92. The first-order valence-electron chi connectivity index (χ1n) is 10.7. The van der Waals surface area contributed by atoms with Crippen LogP contribution in [0.3, 0.4) is 0 Å². The van der Waals surface area contributed by atoms with Gasteiger partial charge in [-0.15, -0.1) is 0 Å². The lowest BCUT2D eigenvalue weighted by Gasteiger charge is -2.34. The molecule has 0 aliphatic carbocycles. The average molecular weight is 446 g/mol. The van der Waals surface area contributed by atoms with Gasteiger partial charge in [-0.1, -0.05) is 25.8 Å². The fraction of sp³-hybridized carbons (Fsp3) is 0.435. The Balaban J connectivity index is 1.58. The molecule has 0 radical (unpaired) electrons. The summed E-state index contributed by atoms with van der Waals surface area (Å²) in [5.41, 5.74) is -1.22. The number of amides is 1. The Morgan fingerprint density at radius 2 is 2.06 bits per heavy atom. The van der Waals surface area contributed by atoms with Crippen LogP contribution in [0.1, 0.15) is 59.0 Å². The van der Waals surface area contributed by atoms with Gasteiger partial charge in [-0.05, 0) is 24.5 Å². The molecule has 1 fully saturated rings. The van der Waals surface area contributed by atoms with Gasteiger partial charge in [-0.2, -0.15) is 0 Å². The highest BCUT2D eigenvalue weighted by atomic mass is 19.1. The molecule has 1 aromatic heterocycles. The summed E-state index contributed by atoms with van der Waals surface area (Å²) < 4.78 is 34.0. The quantitative estimate of drug-likeness (QED) is 0.661. The smallest absolute Gasteiger partial charge is 0.276 e. The molecular weight excluding hydrogens is 422 g/mol. The number of hydrogen-bond donors (Lipinski definition) is 1. The largest absolute Gasteiger partial charge is 0.503 e. The van der Waals surface area contributed by atoms with Crippen LogP contribution >= 0.6 is 0 Å². The number of carbonyl (C=O) groups is 2. The molecule has 1 aromatic carbocycles. The number of Topliss-reactive ketones (excluding diaryl/α,β-unsaturated/α-hetero) is 1. The molecule has 0 spiro atoms. The van der Waals surface area contributed by atoms with Crippen LogP contribution in [-0.2, 0) is 17.7 Å². The molecule has 0 bridgehead atoms. The first-order valence-corrected chi connectivity index (χ1v) is 10.7. The fourth-order valence-electron chi connectivity index (χ4n) is 4.33. The van der Waals surface area contributed by atoms with Crippen LogP contribution in [0.4, 0.5) is 8.78 Å². The summed E-state index contributed by atoms with van der Waals surface area (Å²) in [6, 6.07) is 2.94. The first-order chi connectivity index (χ1) is 15.3. The highest BCUT2D eigenvalue weighted by Gasteiger charge is 2.44. The Hall–Kier alpha value is -3.07. The van der Waals surface area contributed by atoms with Gasteiger partial charge >= 0.3 is 0 Å². The van der Waals surface area contributed by atoms with Gasteiger partial charge in [0.15, 0.2) is 23.5 Å². The molecule has 2 aliphatic rings. The van der Waals surface area contributed by atoms with Crippen LogP contribution in [0.25, 0.3) is 0 Å². The minimum Gasteiger partial charge on any atom is -0.503 e. The van der Waals surface area contributed by atoms with Crippen molar-refractivity contribution in [2.75, 3.05) is 6.61 Å². The Labute approximate surface area is 183 Å². The molecule has 3 heterocycles. The summed E-state index contributed by atoms with van der Waals surface area (Å²) in [6.45, 7) is 2.62. The molecule has 7 nitrogen and oxygen atoms in total. The van der Waals surface area contributed by atoms with E-state index >= 15 is 0 Å². The zero-order chi connectivity index (χ0) is 23.0. The average Bonchev–Trinajstić information content (AvgIpc) is 3.17. The summed E-state index contributed by atoms with van der Waals surface area (Å²) in [4.78, 5) is 40.0. The molecule has 1 saturated heterocycles. The molecule has 1 amide bonds. The number of benzene rings is 1. The van der Waals surface area contributed by atoms with E-state index in [0.29, 0.717) is 6.61 Å². The minimum absolute atomic E-state index is 0.0372. The normalized spacial score (nSPS) is 19.7. The highest BCUT2D eigenvalue weighted by Crippen LogP contribution is 2.31. The summed E-state index contributed by atoms with van der Waals surface area (Å²) in [5.74, 6) is -3.37. The Kier molecular flexibility index (Phi) is 6.10. The van der Waals surface area contributed by atoms with Gasteiger partial charge in [0.2, 0.25) is 5.43 Å². The van der Waals surface area contributed by atoms with E-state index in [0.717, 1.165) is 31.4 Å². The molecule has 1 N–H and O–H groups in total. The molecule has 9 heteroatoms. The number of fused-ring (bicyclic) bond motifs is 2. The first kappa shape index (κ1) is 22.1. The number of pyridine rings is 1. The molecule has 2 aromatic rings. The molecule has 170 valence electrons. The zero-order valence-electron chi connectivity index (χ0n) is 17.6. The van der Waals surface area contributed by atoms with E-state index in [2.05, 4.69) is 6.92 Å². The van der Waals surface area contributed by atoms with Crippen molar-refractivity contribution in [3.8, 4) is 5.75 Å². The number of carbonyl (C=O) groups excluding carboxylic acids is 2. The maximum atomic E-state index is 13.8. The number of nitrogens with zero attached hydrogens (tertiary/aromatic N) is 2. The van der Waals surface area contributed by atoms with Gasteiger partial charge in [0.25, 0.3) is 5.91 Å². The fourth-order valence-corrected chi connectivity index (χ4v) is 4.33. The number of unbranched alkanes of at least 4 members (excludes halogenated alkanes) is 1. The molecular formula is C23H24F2N2O5. The second-order valence-corrected chi connectivity index (χ2v) is 8.18. The van der Waals surface area contributed by atoms with Gasteiger partial charge in [0.05, 0.1) is 24.8 Å². The third-order valence-corrected chi connectivity index (χ3v) is 6.06. The van der Waals surface area contributed by atoms with E-state index in [9.17, 15) is 28.3 Å². The van der Waals surface area contributed by atoms with E-state index in [-0.39, 0.29) is 42.2 Å². The van der Waals surface area contributed by atoms with Crippen LogP contribution in [-0.4, -0.2) is 45.1 Å². The summed E-state index contributed by atoms with van der Waals surface area (Å²) in [7, 11) is 0. The van der Waals surface area contributed by atoms with E-state index in [4.69, 9.17) is 4.74 Å². The van der Waals surface area contributed by atoms with Gasteiger partial charge in [0, 0.05) is 18.7 Å². The van der Waals surface area contributed by atoms with E-state index in [1.807, 2.05) is 0 Å². The summed E-state index contributed by atoms with van der Waals surface area (Å²) in [6.07, 6.45) is 3.14. The molecule has 32 heavy (non-hydrogen) atoms. The topological polar surface area (TPSA) is 88.8 Å². The van der Waals surface area contributed by atoms with E-state index in [1.54, 1.807) is 4.90 Å². The van der Waals surface area contributed by atoms with Crippen molar-refractivity contribution >= 4 is 11.7 Å². The predicted octanol–water partition coefficient (Wildman–Crippen LogP) is 3.02. The van der Waals surface area contributed by atoms with Crippen molar-refractivity contribution in [2.45, 2.75) is 57.8 Å². The highest BCUT2D eigenvalue weighted by molar-refractivity contribution is 6.00. The number of ether oxygens (including phenoxy) is 1. The van der Waals surface area contributed by atoms with Gasteiger partial charge < -0.3 is 19.3 Å². The molecule has 4 rings (SSSR count). The lowest BCUT2D eigenvalue weighted by atomic mass is 10.0. The number of aryl methyl sites for hydroxylation is 1. The number of halogens is 2. The van der Waals surface area contributed by atoms with Crippen molar-refractivity contribution < 1.29 is 28.2 Å². The number of aromatic nitrogens is 1. The van der Waals surface area contributed by atoms with Crippen molar-refractivity contribution in [1.29, 1.82) is 0 Å². The standard InChI is InChI=1S/C23H24F2N2O5/c1-2-3-4-15-12-32-19-11-26-10-16(21(29)22(30)20(26)23(31)27(15)19)18(28)8-6-13-5-7-14(24)9-17(13)25/h5,7,9-10,15,19,30H,2-4,6,8,11-12H2,1H3/t15-,19+/m0/s1. The van der Waals surface area contributed by atoms with Crippen molar-refractivity contribution in [2.24, 2.45) is 0 Å². The van der Waals surface area contributed by atoms with Crippen molar-refractivity contribution in [3.63, 3.8) is 0 Å². The summed E-state index contributed by atoms with van der Waals surface area (Å²) >= 11 is 0. The van der Waals surface area contributed by atoms with Crippen LogP contribution < -0.4 is 5.43 Å². The Bertz CT molecular complexity index is 1130. The van der Waals surface area contributed by atoms with E-state index in [1.165, 1.54) is 16.8 Å². The summed E-state index contributed by atoms with van der Waals surface area (Å²) in [5, 5.41) is 10.5. The maximum absolute atomic E-state index is 13.8. The number of ketones is 1. The van der Waals surface area contributed by atoms with Crippen molar-refractivity contribution in [1.82, 2.24) is 9.47 Å².